The third-order valence-corrected chi connectivity index (χ3v) is 3.55. The summed E-state index contributed by atoms with van der Waals surface area (Å²) in [5.41, 5.74) is 5.84. The highest BCUT2D eigenvalue weighted by Gasteiger charge is 2.15. The molecule has 0 aliphatic heterocycles. The maximum atomic E-state index is 12.0. The molecule has 0 fully saturated rings. The van der Waals surface area contributed by atoms with Gasteiger partial charge in [0.25, 0.3) is 5.91 Å². The van der Waals surface area contributed by atoms with Crippen LogP contribution in [0.15, 0.2) is 54.6 Å². The Bertz CT molecular complexity index is 686. The van der Waals surface area contributed by atoms with Gasteiger partial charge in [-0.15, -0.1) is 0 Å². The van der Waals surface area contributed by atoms with Crippen LogP contribution in [0.3, 0.4) is 0 Å². The van der Waals surface area contributed by atoms with E-state index in [1.807, 2.05) is 30.3 Å². The van der Waals surface area contributed by atoms with Crippen LogP contribution in [-0.4, -0.2) is 25.0 Å². The first-order valence-electron chi connectivity index (χ1n) is 8.02. The Labute approximate surface area is 147 Å². The van der Waals surface area contributed by atoms with Gasteiger partial charge in [0.05, 0.1) is 7.11 Å². The van der Waals surface area contributed by atoms with Crippen molar-refractivity contribution >= 4 is 11.8 Å². The van der Waals surface area contributed by atoms with Crippen molar-refractivity contribution in [2.24, 2.45) is 0 Å². The summed E-state index contributed by atoms with van der Waals surface area (Å²) in [5.74, 6) is 0.562. The fraction of sp³-hybridized carbons (Fsp3) is 0.263. The van der Waals surface area contributed by atoms with Crippen molar-refractivity contribution in [2.45, 2.75) is 25.9 Å². The number of aryl methyl sites for hydroxylation is 1. The van der Waals surface area contributed by atoms with E-state index < -0.39 is 12.0 Å². The molecule has 25 heavy (non-hydrogen) atoms. The molecule has 6 heteroatoms. The van der Waals surface area contributed by atoms with Crippen LogP contribution in [-0.2, 0) is 16.0 Å². The Hall–Kier alpha value is -3.02. The number of hydrogen-bond donors (Lipinski definition) is 2. The zero-order valence-electron chi connectivity index (χ0n) is 14.3. The largest absolute Gasteiger partial charge is 0.497 e. The first kappa shape index (κ1) is 18.3. The molecule has 0 aliphatic rings. The van der Waals surface area contributed by atoms with Crippen molar-refractivity contribution in [3.63, 3.8) is 0 Å². The van der Waals surface area contributed by atoms with Crippen LogP contribution in [0.2, 0.25) is 0 Å². The summed E-state index contributed by atoms with van der Waals surface area (Å²) < 4.78 is 10.6. The van der Waals surface area contributed by atoms with E-state index in [4.69, 9.17) is 9.47 Å². The van der Waals surface area contributed by atoms with Gasteiger partial charge in [-0.3, -0.25) is 20.4 Å². The zero-order chi connectivity index (χ0) is 18.1. The predicted octanol–water partition coefficient (Wildman–Crippen LogP) is 2.24. The Morgan fingerprint density at radius 2 is 1.60 bits per heavy atom. The minimum atomic E-state index is -0.747. The number of hydrogen-bond acceptors (Lipinski definition) is 4. The van der Waals surface area contributed by atoms with Crippen molar-refractivity contribution in [2.75, 3.05) is 7.11 Å². The quantitative estimate of drug-likeness (QED) is 0.757. The maximum absolute atomic E-state index is 12.0. The summed E-state index contributed by atoms with van der Waals surface area (Å²) >= 11 is 0. The monoisotopic (exact) mass is 342 g/mol. The molecule has 132 valence electrons. The molecule has 2 aromatic carbocycles. The first-order chi connectivity index (χ1) is 12.1. The molecule has 0 saturated heterocycles. The molecule has 2 rings (SSSR count). The second-order valence-electron chi connectivity index (χ2n) is 5.46. The van der Waals surface area contributed by atoms with Gasteiger partial charge in [0.15, 0.2) is 6.10 Å². The summed E-state index contributed by atoms with van der Waals surface area (Å²) in [4.78, 5) is 23.8. The van der Waals surface area contributed by atoms with Gasteiger partial charge >= 0.3 is 0 Å². The van der Waals surface area contributed by atoms with E-state index in [2.05, 4.69) is 10.9 Å². The highest BCUT2D eigenvalue weighted by molar-refractivity contribution is 5.84. The lowest BCUT2D eigenvalue weighted by Gasteiger charge is -2.15. The minimum Gasteiger partial charge on any atom is -0.497 e. The van der Waals surface area contributed by atoms with Gasteiger partial charge in [-0.25, -0.2) is 0 Å². The van der Waals surface area contributed by atoms with Gasteiger partial charge in [0.1, 0.15) is 11.5 Å². The number of ether oxygens (including phenoxy) is 2. The molecule has 2 N–H and O–H groups in total. The average Bonchev–Trinajstić information content (AvgIpc) is 2.65. The van der Waals surface area contributed by atoms with Crippen LogP contribution in [0, 0.1) is 0 Å². The molecule has 2 aromatic rings. The summed E-state index contributed by atoms with van der Waals surface area (Å²) in [7, 11) is 1.58. The van der Waals surface area contributed by atoms with Gasteiger partial charge in [-0.2, -0.15) is 0 Å². The first-order valence-corrected chi connectivity index (χ1v) is 8.02. The van der Waals surface area contributed by atoms with Crippen molar-refractivity contribution in [3.8, 4) is 11.5 Å². The molecule has 0 aliphatic carbocycles. The number of hydrazine groups is 1. The Balaban J connectivity index is 1.71. The lowest BCUT2D eigenvalue weighted by Crippen LogP contribution is -2.47. The molecule has 0 radical (unpaired) electrons. The molecule has 0 aromatic heterocycles. The number of carbonyl (C=O) groups excluding carboxylic acids is 2. The SMILES string of the molecule is COc1ccc(OC(C)C(=O)NNC(=O)CCc2ccccc2)cc1. The summed E-state index contributed by atoms with van der Waals surface area (Å²) in [6.45, 7) is 1.61. The Morgan fingerprint density at radius 1 is 0.960 bits per heavy atom. The Morgan fingerprint density at radius 3 is 2.24 bits per heavy atom. The van der Waals surface area contributed by atoms with E-state index in [0.717, 1.165) is 5.56 Å². The smallest absolute Gasteiger partial charge is 0.279 e. The van der Waals surface area contributed by atoms with Crippen molar-refractivity contribution in [1.82, 2.24) is 10.9 Å². The molecule has 0 saturated carbocycles. The minimum absolute atomic E-state index is 0.256. The van der Waals surface area contributed by atoms with Gasteiger partial charge in [-0.05, 0) is 43.2 Å². The van der Waals surface area contributed by atoms with Gasteiger partial charge < -0.3 is 9.47 Å². The van der Waals surface area contributed by atoms with Crippen LogP contribution < -0.4 is 20.3 Å². The highest BCUT2D eigenvalue weighted by atomic mass is 16.5. The molecule has 6 nitrogen and oxygen atoms in total. The molecule has 2 amide bonds. The van der Waals surface area contributed by atoms with Crippen LogP contribution in [0.4, 0.5) is 0 Å². The van der Waals surface area contributed by atoms with Crippen molar-refractivity contribution in [3.05, 3.63) is 60.2 Å². The molecule has 0 spiro atoms. The van der Waals surface area contributed by atoms with Crippen LogP contribution in [0.5, 0.6) is 11.5 Å². The number of nitrogens with one attached hydrogen (secondary N) is 2. The van der Waals surface area contributed by atoms with Gasteiger partial charge in [-0.1, -0.05) is 30.3 Å². The second kappa shape index (κ2) is 9.32. The van der Waals surface area contributed by atoms with E-state index in [1.54, 1.807) is 38.3 Å². The summed E-state index contributed by atoms with van der Waals surface area (Å²) in [6.07, 6.45) is 0.154. The van der Waals surface area contributed by atoms with Crippen LogP contribution in [0.1, 0.15) is 18.9 Å². The number of carbonyl (C=O) groups is 2. The van der Waals surface area contributed by atoms with Gasteiger partial charge in [0.2, 0.25) is 5.91 Å². The number of rotatable bonds is 7. The average molecular weight is 342 g/mol. The molecule has 1 atom stereocenters. The van der Waals surface area contributed by atoms with E-state index in [-0.39, 0.29) is 12.3 Å². The third-order valence-electron chi connectivity index (χ3n) is 3.55. The zero-order valence-corrected chi connectivity index (χ0v) is 14.3. The number of methoxy groups -OCH3 is 1. The molecular weight excluding hydrogens is 320 g/mol. The topological polar surface area (TPSA) is 76.7 Å². The number of amides is 2. The van der Waals surface area contributed by atoms with Crippen molar-refractivity contribution < 1.29 is 19.1 Å². The lowest BCUT2D eigenvalue weighted by atomic mass is 10.1. The molecule has 0 heterocycles. The molecule has 0 bridgehead atoms. The summed E-state index contributed by atoms with van der Waals surface area (Å²) in [6, 6.07) is 16.6. The van der Waals surface area contributed by atoms with Crippen LogP contribution in [0.25, 0.3) is 0 Å². The fourth-order valence-electron chi connectivity index (χ4n) is 2.11. The van der Waals surface area contributed by atoms with E-state index >= 15 is 0 Å². The Kier molecular flexibility index (Phi) is 6.83. The maximum Gasteiger partial charge on any atom is 0.279 e. The summed E-state index contributed by atoms with van der Waals surface area (Å²) in [5, 5.41) is 0. The molecule has 1 unspecified atom stereocenters. The predicted molar refractivity (Wildman–Crippen MR) is 94.1 cm³/mol. The number of benzene rings is 2. The second-order valence-corrected chi connectivity index (χ2v) is 5.46. The van der Waals surface area contributed by atoms with Crippen LogP contribution >= 0.6 is 0 Å². The van der Waals surface area contributed by atoms with Gasteiger partial charge in [0, 0.05) is 6.42 Å². The van der Waals surface area contributed by atoms with E-state index in [0.29, 0.717) is 17.9 Å². The fourth-order valence-corrected chi connectivity index (χ4v) is 2.11. The normalized spacial score (nSPS) is 11.3. The lowest BCUT2D eigenvalue weighted by molar-refractivity contribution is -0.132. The third kappa shape index (κ3) is 6.18. The molecular formula is C19H22N2O4. The van der Waals surface area contributed by atoms with Crippen molar-refractivity contribution in [1.29, 1.82) is 0 Å². The standard InChI is InChI=1S/C19H22N2O4/c1-14(25-17-11-9-16(24-2)10-12-17)19(23)21-20-18(22)13-8-15-6-4-3-5-7-15/h3-7,9-12,14H,8,13H2,1-2H3,(H,20,22)(H,21,23). The highest BCUT2D eigenvalue weighted by Crippen LogP contribution is 2.18. The van der Waals surface area contributed by atoms with E-state index in [1.165, 1.54) is 0 Å². The van der Waals surface area contributed by atoms with E-state index in [9.17, 15) is 9.59 Å².